The summed E-state index contributed by atoms with van der Waals surface area (Å²) in [4.78, 5) is 10.5. The van der Waals surface area contributed by atoms with Crippen LogP contribution < -0.4 is 0 Å². The number of nitrogens with zero attached hydrogens (tertiary/aromatic N) is 1. The standard InChI is InChI=1S/C9H13NO3/c1-6-9(7(2)13-10-6)4-5-12-8(3)11/h4-5H2,1-3H3. The van der Waals surface area contributed by atoms with Crippen molar-refractivity contribution in [1.29, 1.82) is 0 Å². The van der Waals surface area contributed by atoms with Gasteiger partial charge in [0.25, 0.3) is 0 Å². The van der Waals surface area contributed by atoms with E-state index in [1.165, 1.54) is 6.92 Å². The Kier molecular flexibility index (Phi) is 3.06. The number of ether oxygens (including phenoxy) is 1. The molecule has 1 aromatic heterocycles. The SMILES string of the molecule is CC(=O)OCCc1c(C)noc1C. The van der Waals surface area contributed by atoms with Gasteiger partial charge in [-0.25, -0.2) is 0 Å². The average molecular weight is 183 g/mol. The Morgan fingerprint density at radius 2 is 2.23 bits per heavy atom. The summed E-state index contributed by atoms with van der Waals surface area (Å²) in [5.74, 6) is 0.538. The van der Waals surface area contributed by atoms with E-state index in [1.54, 1.807) is 0 Å². The highest BCUT2D eigenvalue weighted by Crippen LogP contribution is 2.12. The Morgan fingerprint density at radius 1 is 1.54 bits per heavy atom. The second-order valence-corrected chi connectivity index (χ2v) is 2.89. The first kappa shape index (κ1) is 9.77. The minimum absolute atomic E-state index is 0.258. The molecular weight excluding hydrogens is 170 g/mol. The highest BCUT2D eigenvalue weighted by Gasteiger charge is 2.08. The fourth-order valence-corrected chi connectivity index (χ4v) is 1.16. The highest BCUT2D eigenvalue weighted by molar-refractivity contribution is 5.65. The van der Waals surface area contributed by atoms with Gasteiger partial charge in [-0.05, 0) is 13.8 Å². The van der Waals surface area contributed by atoms with Gasteiger partial charge in [-0.2, -0.15) is 0 Å². The summed E-state index contributed by atoms with van der Waals surface area (Å²) in [6, 6.07) is 0. The monoisotopic (exact) mass is 183 g/mol. The zero-order valence-corrected chi connectivity index (χ0v) is 8.09. The lowest BCUT2D eigenvalue weighted by Crippen LogP contribution is -2.04. The molecule has 0 saturated heterocycles. The molecule has 0 spiro atoms. The summed E-state index contributed by atoms with van der Waals surface area (Å²) in [7, 11) is 0. The van der Waals surface area contributed by atoms with E-state index >= 15 is 0 Å². The summed E-state index contributed by atoms with van der Waals surface area (Å²) in [6.45, 7) is 5.51. The van der Waals surface area contributed by atoms with Crippen LogP contribution in [0.4, 0.5) is 0 Å². The van der Waals surface area contributed by atoms with Crippen LogP contribution >= 0.6 is 0 Å². The van der Waals surface area contributed by atoms with Gasteiger partial charge >= 0.3 is 5.97 Å². The maximum absolute atomic E-state index is 10.5. The van der Waals surface area contributed by atoms with Gasteiger partial charge in [0.05, 0.1) is 12.3 Å². The van der Waals surface area contributed by atoms with E-state index in [2.05, 4.69) is 5.16 Å². The summed E-state index contributed by atoms with van der Waals surface area (Å²) in [5, 5.41) is 3.80. The van der Waals surface area contributed by atoms with E-state index < -0.39 is 0 Å². The maximum atomic E-state index is 10.5. The Morgan fingerprint density at radius 3 is 2.69 bits per heavy atom. The quantitative estimate of drug-likeness (QED) is 0.664. The molecule has 4 nitrogen and oxygen atoms in total. The van der Waals surface area contributed by atoms with Crippen LogP contribution in [-0.2, 0) is 16.0 Å². The molecule has 1 rings (SSSR count). The Hall–Kier alpha value is -1.32. The molecule has 0 bridgehead atoms. The van der Waals surface area contributed by atoms with E-state index in [0.717, 1.165) is 17.0 Å². The first-order valence-corrected chi connectivity index (χ1v) is 4.16. The first-order chi connectivity index (χ1) is 6.11. The van der Waals surface area contributed by atoms with Gasteiger partial charge in [0.2, 0.25) is 0 Å². The average Bonchev–Trinajstić information content (AvgIpc) is 2.34. The summed E-state index contributed by atoms with van der Waals surface area (Å²) >= 11 is 0. The fraction of sp³-hybridized carbons (Fsp3) is 0.556. The summed E-state index contributed by atoms with van der Waals surface area (Å²) in [5.41, 5.74) is 1.89. The van der Waals surface area contributed by atoms with Crippen LogP contribution in [0.5, 0.6) is 0 Å². The minimum atomic E-state index is -0.258. The third-order valence-corrected chi connectivity index (χ3v) is 1.84. The van der Waals surface area contributed by atoms with Crippen molar-refractivity contribution in [2.45, 2.75) is 27.2 Å². The zero-order valence-electron chi connectivity index (χ0n) is 8.09. The number of esters is 1. The second kappa shape index (κ2) is 4.07. The molecule has 0 aliphatic rings. The normalized spacial score (nSPS) is 10.1. The zero-order chi connectivity index (χ0) is 9.84. The van der Waals surface area contributed by atoms with E-state index in [4.69, 9.17) is 9.26 Å². The van der Waals surface area contributed by atoms with Gasteiger partial charge in [0.1, 0.15) is 5.76 Å². The Labute approximate surface area is 76.9 Å². The molecule has 0 unspecified atom stereocenters. The molecule has 72 valence electrons. The fourth-order valence-electron chi connectivity index (χ4n) is 1.16. The van der Waals surface area contributed by atoms with Gasteiger partial charge in [0, 0.05) is 18.9 Å². The number of hydrogen-bond acceptors (Lipinski definition) is 4. The molecule has 0 amide bonds. The molecule has 0 fully saturated rings. The van der Waals surface area contributed by atoms with Crippen molar-refractivity contribution in [2.24, 2.45) is 0 Å². The number of aryl methyl sites for hydroxylation is 2. The lowest BCUT2D eigenvalue weighted by atomic mass is 10.1. The lowest BCUT2D eigenvalue weighted by molar-refractivity contribution is -0.140. The molecule has 0 N–H and O–H groups in total. The minimum Gasteiger partial charge on any atom is -0.466 e. The van der Waals surface area contributed by atoms with Crippen molar-refractivity contribution in [2.75, 3.05) is 6.61 Å². The Bertz CT molecular complexity index is 284. The highest BCUT2D eigenvalue weighted by atomic mass is 16.5. The molecule has 0 aliphatic carbocycles. The van der Waals surface area contributed by atoms with Crippen LogP contribution in [0.25, 0.3) is 0 Å². The predicted octanol–water partition coefficient (Wildman–Crippen LogP) is 1.40. The molecular formula is C9H13NO3. The smallest absolute Gasteiger partial charge is 0.302 e. The van der Waals surface area contributed by atoms with E-state index in [-0.39, 0.29) is 5.97 Å². The molecule has 13 heavy (non-hydrogen) atoms. The van der Waals surface area contributed by atoms with E-state index in [0.29, 0.717) is 13.0 Å². The third-order valence-electron chi connectivity index (χ3n) is 1.84. The summed E-state index contributed by atoms with van der Waals surface area (Å²) < 4.78 is 9.78. The number of carbonyl (C=O) groups excluding carboxylic acids is 1. The lowest BCUT2D eigenvalue weighted by Gasteiger charge is -2.00. The molecule has 0 saturated carbocycles. The van der Waals surface area contributed by atoms with Gasteiger partial charge < -0.3 is 9.26 Å². The number of carbonyl (C=O) groups is 1. The van der Waals surface area contributed by atoms with E-state index in [9.17, 15) is 4.79 Å². The number of aromatic nitrogens is 1. The van der Waals surface area contributed by atoms with Gasteiger partial charge in [-0.1, -0.05) is 5.16 Å². The second-order valence-electron chi connectivity index (χ2n) is 2.89. The maximum Gasteiger partial charge on any atom is 0.302 e. The Balaban J connectivity index is 2.49. The largest absolute Gasteiger partial charge is 0.466 e. The van der Waals surface area contributed by atoms with Crippen molar-refractivity contribution in [1.82, 2.24) is 5.16 Å². The van der Waals surface area contributed by atoms with Crippen LogP contribution in [0.3, 0.4) is 0 Å². The molecule has 1 aromatic rings. The van der Waals surface area contributed by atoms with Crippen molar-refractivity contribution in [3.8, 4) is 0 Å². The van der Waals surface area contributed by atoms with Crippen LogP contribution in [-0.4, -0.2) is 17.7 Å². The predicted molar refractivity (Wildman–Crippen MR) is 46.3 cm³/mol. The van der Waals surface area contributed by atoms with E-state index in [1.807, 2.05) is 13.8 Å². The van der Waals surface area contributed by atoms with Crippen LogP contribution in [0, 0.1) is 13.8 Å². The topological polar surface area (TPSA) is 52.3 Å². The van der Waals surface area contributed by atoms with Crippen molar-refractivity contribution in [3.63, 3.8) is 0 Å². The molecule has 0 radical (unpaired) electrons. The van der Waals surface area contributed by atoms with Crippen LogP contribution in [0.1, 0.15) is 23.9 Å². The summed E-state index contributed by atoms with van der Waals surface area (Å²) in [6.07, 6.45) is 0.667. The molecule has 4 heteroatoms. The van der Waals surface area contributed by atoms with Gasteiger partial charge in [-0.15, -0.1) is 0 Å². The van der Waals surface area contributed by atoms with Crippen molar-refractivity contribution in [3.05, 3.63) is 17.0 Å². The molecule has 0 aliphatic heterocycles. The van der Waals surface area contributed by atoms with Crippen molar-refractivity contribution < 1.29 is 14.1 Å². The molecule has 0 atom stereocenters. The molecule has 0 aromatic carbocycles. The third kappa shape index (κ3) is 2.57. The van der Waals surface area contributed by atoms with Crippen molar-refractivity contribution >= 4 is 5.97 Å². The molecule has 1 heterocycles. The van der Waals surface area contributed by atoms with Crippen LogP contribution in [0.2, 0.25) is 0 Å². The first-order valence-electron chi connectivity index (χ1n) is 4.16. The van der Waals surface area contributed by atoms with Gasteiger partial charge in [-0.3, -0.25) is 4.79 Å². The number of rotatable bonds is 3. The number of hydrogen-bond donors (Lipinski definition) is 0. The van der Waals surface area contributed by atoms with Gasteiger partial charge in [0.15, 0.2) is 0 Å². The van der Waals surface area contributed by atoms with Crippen LogP contribution in [0.15, 0.2) is 4.52 Å².